The van der Waals surface area contributed by atoms with E-state index in [9.17, 15) is 9.18 Å². The van der Waals surface area contributed by atoms with Gasteiger partial charge in [0.1, 0.15) is 11.9 Å². The van der Waals surface area contributed by atoms with Crippen molar-refractivity contribution < 1.29 is 18.7 Å². The minimum atomic E-state index is -0.598. The van der Waals surface area contributed by atoms with Gasteiger partial charge < -0.3 is 14.8 Å². The lowest BCUT2D eigenvalue weighted by Crippen LogP contribution is -2.40. The molecule has 6 rings (SSSR count). The number of nitrogens with zero attached hydrogens (tertiary/aromatic N) is 5. The number of rotatable bonds is 8. The third-order valence-electron chi connectivity index (χ3n) is 7.64. The van der Waals surface area contributed by atoms with E-state index < -0.39 is 24.1 Å². The van der Waals surface area contributed by atoms with Gasteiger partial charge >= 0.3 is 6.03 Å². The lowest BCUT2D eigenvalue weighted by Gasteiger charge is -2.21. The van der Waals surface area contributed by atoms with Crippen LogP contribution in [0.25, 0.3) is 27.8 Å². The third kappa shape index (κ3) is 5.48. The van der Waals surface area contributed by atoms with Gasteiger partial charge in [-0.05, 0) is 61.7 Å². The first-order chi connectivity index (χ1) is 20.4. The summed E-state index contributed by atoms with van der Waals surface area (Å²) >= 11 is 0. The number of benzene rings is 2. The molecule has 3 aromatic heterocycles. The van der Waals surface area contributed by atoms with E-state index in [2.05, 4.69) is 20.7 Å². The SMILES string of the molecule is COCC[C@@H]1C[C@@H](NC(=O)Nc2c(C)c(-c3ccc4c(cnn4C)c3)nn2-c2ccccc2)[C@H](c2ccnc(F)c2)O1. The van der Waals surface area contributed by atoms with Crippen molar-refractivity contribution in [3.05, 3.63) is 90.1 Å². The molecule has 4 heterocycles. The summed E-state index contributed by atoms with van der Waals surface area (Å²) in [6.45, 7) is 2.46. The van der Waals surface area contributed by atoms with Gasteiger partial charge in [0, 0.05) is 43.5 Å². The largest absolute Gasteiger partial charge is 0.385 e. The molecule has 1 fully saturated rings. The second-order valence-corrected chi connectivity index (χ2v) is 10.4. The number of para-hydroxylation sites is 1. The molecule has 1 saturated heterocycles. The number of carbonyl (C=O) groups is 1. The number of aryl methyl sites for hydroxylation is 1. The fraction of sp³-hybridized carbons (Fsp3) is 0.290. The third-order valence-corrected chi connectivity index (χ3v) is 7.64. The molecule has 0 saturated carbocycles. The maximum absolute atomic E-state index is 14.0. The van der Waals surface area contributed by atoms with Gasteiger partial charge in [-0.2, -0.15) is 14.6 Å². The first-order valence-corrected chi connectivity index (χ1v) is 13.8. The molecule has 2 N–H and O–H groups in total. The monoisotopic (exact) mass is 569 g/mol. The van der Waals surface area contributed by atoms with Gasteiger partial charge in [0.15, 0.2) is 0 Å². The number of methoxy groups -OCH3 is 1. The lowest BCUT2D eigenvalue weighted by atomic mass is 10.0. The molecule has 3 atom stereocenters. The van der Waals surface area contributed by atoms with E-state index in [1.54, 1.807) is 17.9 Å². The van der Waals surface area contributed by atoms with Crippen LogP contribution in [-0.4, -0.2) is 56.4 Å². The Morgan fingerprint density at radius 3 is 2.79 bits per heavy atom. The van der Waals surface area contributed by atoms with Crippen molar-refractivity contribution in [2.24, 2.45) is 7.05 Å². The Bertz CT molecular complexity index is 1720. The van der Waals surface area contributed by atoms with E-state index in [0.717, 1.165) is 33.4 Å². The van der Waals surface area contributed by atoms with E-state index in [1.807, 2.05) is 73.4 Å². The Morgan fingerprint density at radius 2 is 2.00 bits per heavy atom. The molecule has 1 aliphatic rings. The van der Waals surface area contributed by atoms with Crippen molar-refractivity contribution in [2.45, 2.75) is 38.0 Å². The molecule has 42 heavy (non-hydrogen) atoms. The van der Waals surface area contributed by atoms with Crippen LogP contribution in [-0.2, 0) is 16.5 Å². The highest BCUT2D eigenvalue weighted by Gasteiger charge is 2.37. The van der Waals surface area contributed by atoms with Crippen LogP contribution < -0.4 is 10.6 Å². The Labute approximate surface area is 242 Å². The zero-order chi connectivity index (χ0) is 29.2. The highest BCUT2D eigenvalue weighted by atomic mass is 19.1. The molecule has 0 unspecified atom stereocenters. The standard InChI is InChI=1S/C31H32FN7O3/c1-19-28(20-9-10-26-22(15-20)18-34-38(26)2)37-39(23-7-5-4-6-8-23)30(19)36-31(40)35-25-17-24(12-14-41-3)42-29(25)21-11-13-33-27(32)16-21/h4-11,13,15-16,18,24-25,29H,12,14,17H2,1-3H3,(H2,35,36,40)/t24-,25-,29+/m1/s1. The summed E-state index contributed by atoms with van der Waals surface area (Å²) in [5, 5.41) is 16.4. The fourth-order valence-electron chi connectivity index (χ4n) is 5.54. The van der Waals surface area contributed by atoms with Crippen molar-refractivity contribution in [1.82, 2.24) is 29.9 Å². The fourth-order valence-corrected chi connectivity index (χ4v) is 5.54. The van der Waals surface area contributed by atoms with Crippen LogP contribution in [0.4, 0.5) is 15.0 Å². The number of urea groups is 1. The Hall–Kier alpha value is -4.61. The highest BCUT2D eigenvalue weighted by Crippen LogP contribution is 2.36. The zero-order valence-electron chi connectivity index (χ0n) is 23.6. The summed E-state index contributed by atoms with van der Waals surface area (Å²) in [5.41, 5.74) is 4.91. The van der Waals surface area contributed by atoms with Crippen molar-refractivity contribution in [3.8, 4) is 16.9 Å². The predicted octanol–water partition coefficient (Wildman–Crippen LogP) is 5.33. The van der Waals surface area contributed by atoms with Crippen molar-refractivity contribution in [1.29, 1.82) is 0 Å². The Balaban J connectivity index is 1.30. The number of halogens is 1. The van der Waals surface area contributed by atoms with E-state index in [0.29, 0.717) is 30.8 Å². The molecule has 0 bridgehead atoms. The molecule has 216 valence electrons. The van der Waals surface area contributed by atoms with Crippen LogP contribution in [0.1, 0.15) is 30.1 Å². The van der Waals surface area contributed by atoms with Crippen LogP contribution in [0.2, 0.25) is 0 Å². The quantitative estimate of drug-likeness (QED) is 0.245. The number of hydrogen-bond donors (Lipinski definition) is 2. The Morgan fingerprint density at radius 1 is 1.17 bits per heavy atom. The van der Waals surface area contributed by atoms with E-state index in [4.69, 9.17) is 14.6 Å². The summed E-state index contributed by atoms with van der Waals surface area (Å²) in [6.07, 6.45) is 3.76. The number of hydrogen-bond acceptors (Lipinski definition) is 6. The van der Waals surface area contributed by atoms with Gasteiger partial charge in [0.2, 0.25) is 5.95 Å². The molecule has 10 nitrogen and oxygen atoms in total. The van der Waals surface area contributed by atoms with Crippen molar-refractivity contribution in [3.63, 3.8) is 0 Å². The molecule has 2 amide bonds. The number of nitrogens with one attached hydrogen (secondary N) is 2. The minimum Gasteiger partial charge on any atom is -0.385 e. The van der Waals surface area contributed by atoms with E-state index in [1.165, 1.54) is 12.3 Å². The maximum atomic E-state index is 14.0. The number of carbonyl (C=O) groups excluding carboxylic acids is 1. The minimum absolute atomic E-state index is 0.151. The first kappa shape index (κ1) is 27.6. The summed E-state index contributed by atoms with van der Waals surface area (Å²) in [4.78, 5) is 17.2. The topological polar surface area (TPSA) is 108 Å². The lowest BCUT2D eigenvalue weighted by molar-refractivity contribution is 0.0210. The number of ether oxygens (including phenoxy) is 2. The number of amides is 2. The van der Waals surface area contributed by atoms with Gasteiger partial charge in [-0.15, -0.1) is 0 Å². The number of fused-ring (bicyclic) bond motifs is 1. The van der Waals surface area contributed by atoms with Gasteiger partial charge in [0.05, 0.1) is 35.2 Å². The molecule has 0 aliphatic carbocycles. The number of aromatic nitrogens is 5. The average Bonchev–Trinajstić information content (AvgIpc) is 3.67. The number of anilines is 1. The molecular formula is C31H32FN7O3. The van der Waals surface area contributed by atoms with Gasteiger partial charge in [-0.1, -0.05) is 24.3 Å². The summed E-state index contributed by atoms with van der Waals surface area (Å²) in [7, 11) is 3.54. The second-order valence-electron chi connectivity index (χ2n) is 10.4. The van der Waals surface area contributed by atoms with Crippen LogP contribution in [0.15, 0.2) is 73.1 Å². The van der Waals surface area contributed by atoms with Crippen molar-refractivity contribution >= 4 is 22.8 Å². The number of pyridine rings is 1. The molecular weight excluding hydrogens is 537 g/mol. The average molecular weight is 570 g/mol. The van der Waals surface area contributed by atoms with Crippen LogP contribution in [0.3, 0.4) is 0 Å². The van der Waals surface area contributed by atoms with Gasteiger partial charge in [-0.3, -0.25) is 10.00 Å². The molecule has 1 aliphatic heterocycles. The predicted molar refractivity (Wildman–Crippen MR) is 157 cm³/mol. The summed E-state index contributed by atoms with van der Waals surface area (Å²) in [6, 6.07) is 18.0. The smallest absolute Gasteiger partial charge is 0.320 e. The molecule has 5 aromatic rings. The molecule has 2 aromatic carbocycles. The van der Waals surface area contributed by atoms with E-state index >= 15 is 0 Å². The maximum Gasteiger partial charge on any atom is 0.320 e. The van der Waals surface area contributed by atoms with Gasteiger partial charge in [0.25, 0.3) is 0 Å². The highest BCUT2D eigenvalue weighted by molar-refractivity contribution is 5.92. The van der Waals surface area contributed by atoms with E-state index in [-0.39, 0.29) is 6.10 Å². The second kappa shape index (κ2) is 11.7. The zero-order valence-corrected chi connectivity index (χ0v) is 23.6. The summed E-state index contributed by atoms with van der Waals surface area (Å²) < 4.78 is 29.0. The summed E-state index contributed by atoms with van der Waals surface area (Å²) in [5.74, 6) is -0.0552. The molecule has 11 heteroatoms. The van der Waals surface area contributed by atoms with Gasteiger partial charge in [-0.25, -0.2) is 14.5 Å². The van der Waals surface area contributed by atoms with Crippen molar-refractivity contribution in [2.75, 3.05) is 19.0 Å². The van der Waals surface area contributed by atoms with Crippen LogP contribution >= 0.6 is 0 Å². The first-order valence-electron chi connectivity index (χ1n) is 13.8. The Kier molecular flexibility index (Phi) is 7.68. The normalized spacial score (nSPS) is 18.4. The molecule has 0 radical (unpaired) electrons. The van der Waals surface area contributed by atoms with Crippen LogP contribution in [0.5, 0.6) is 0 Å². The van der Waals surface area contributed by atoms with Crippen LogP contribution in [0, 0.1) is 12.9 Å². The molecule has 0 spiro atoms.